The summed E-state index contributed by atoms with van der Waals surface area (Å²) in [6, 6.07) is 7.33. The highest BCUT2D eigenvalue weighted by Crippen LogP contribution is 2.27. The van der Waals surface area contributed by atoms with E-state index in [0.717, 1.165) is 6.42 Å². The Balaban J connectivity index is 2.06. The fraction of sp³-hybridized carbons (Fsp3) is 0.600. The molecule has 1 aromatic rings. The van der Waals surface area contributed by atoms with Gasteiger partial charge in [-0.15, -0.1) is 0 Å². The van der Waals surface area contributed by atoms with Gasteiger partial charge in [-0.3, -0.25) is 9.80 Å². The molecule has 1 aliphatic heterocycles. The third-order valence-electron chi connectivity index (χ3n) is 5.02. The highest BCUT2D eigenvalue weighted by molar-refractivity contribution is 5.89. The lowest BCUT2D eigenvalue weighted by Gasteiger charge is -2.38. The van der Waals surface area contributed by atoms with E-state index in [2.05, 4.69) is 20.8 Å². The molecule has 7 nitrogen and oxygen atoms in total. The fourth-order valence-corrected chi connectivity index (χ4v) is 2.99. The van der Waals surface area contributed by atoms with Crippen molar-refractivity contribution in [1.82, 2.24) is 9.80 Å². The smallest absolute Gasteiger partial charge is 0.338 e. The minimum atomic E-state index is -0.452. The molecular weight excluding hydrogens is 348 g/mol. The van der Waals surface area contributed by atoms with Crippen molar-refractivity contribution >= 4 is 12.0 Å². The zero-order valence-corrected chi connectivity index (χ0v) is 16.9. The molecule has 0 radical (unpaired) electrons. The van der Waals surface area contributed by atoms with Crippen LogP contribution in [0, 0.1) is 0 Å². The molecule has 1 heterocycles. The third kappa shape index (κ3) is 5.20. The molecule has 0 unspecified atom stereocenters. The van der Waals surface area contributed by atoms with Gasteiger partial charge in [-0.25, -0.2) is 9.59 Å². The average molecular weight is 378 g/mol. The highest BCUT2D eigenvalue weighted by Gasteiger charge is 2.34. The lowest BCUT2D eigenvalue weighted by atomic mass is 9.82. The zero-order valence-electron chi connectivity index (χ0n) is 16.9. The van der Waals surface area contributed by atoms with Crippen LogP contribution in [0.1, 0.15) is 43.1 Å². The Labute approximate surface area is 161 Å². The number of esters is 1. The number of benzene rings is 1. The first-order valence-electron chi connectivity index (χ1n) is 9.15. The summed E-state index contributed by atoms with van der Waals surface area (Å²) < 4.78 is 15.8. The highest BCUT2D eigenvalue weighted by atomic mass is 16.5. The lowest BCUT2D eigenvalue weighted by Crippen LogP contribution is -2.57. The zero-order chi connectivity index (χ0) is 20.0. The van der Waals surface area contributed by atoms with Gasteiger partial charge in [0.2, 0.25) is 0 Å². The van der Waals surface area contributed by atoms with Crippen LogP contribution >= 0.6 is 0 Å². The quantitative estimate of drug-likeness (QED) is 0.651. The number of methoxy groups -OCH3 is 2. The second-order valence-electron chi connectivity index (χ2n) is 7.41. The fourth-order valence-electron chi connectivity index (χ4n) is 2.99. The van der Waals surface area contributed by atoms with Crippen LogP contribution in [-0.2, 0) is 19.6 Å². The minimum absolute atomic E-state index is 0.0630. The number of hydrogen-bond acceptors (Lipinski definition) is 5. The van der Waals surface area contributed by atoms with Gasteiger partial charge in [0.15, 0.2) is 0 Å². The molecule has 7 heteroatoms. The first-order chi connectivity index (χ1) is 12.8. The van der Waals surface area contributed by atoms with E-state index in [-0.39, 0.29) is 24.9 Å². The predicted molar refractivity (Wildman–Crippen MR) is 102 cm³/mol. The van der Waals surface area contributed by atoms with Crippen LogP contribution in [-0.4, -0.2) is 68.7 Å². The molecule has 0 N–H and O–H groups in total. The molecular formula is C20H30N2O5. The van der Waals surface area contributed by atoms with Gasteiger partial charge in [0.05, 0.1) is 18.7 Å². The maximum absolute atomic E-state index is 12.5. The summed E-state index contributed by atoms with van der Waals surface area (Å²) in [4.78, 5) is 27.9. The van der Waals surface area contributed by atoms with Crippen LogP contribution in [0.3, 0.4) is 0 Å². The van der Waals surface area contributed by atoms with Crippen LogP contribution < -0.4 is 0 Å². The summed E-state index contributed by atoms with van der Waals surface area (Å²) in [5.41, 5.74) is 1.74. The molecule has 1 fully saturated rings. The molecule has 0 saturated carbocycles. The number of amides is 2. The maximum atomic E-state index is 12.5. The van der Waals surface area contributed by atoms with E-state index in [1.807, 2.05) is 12.1 Å². The number of urea groups is 1. The monoisotopic (exact) mass is 378 g/mol. The minimum Gasteiger partial charge on any atom is -0.455 e. The van der Waals surface area contributed by atoms with E-state index in [0.29, 0.717) is 18.7 Å². The Morgan fingerprint density at radius 3 is 2.04 bits per heavy atom. The Bertz CT molecular complexity index is 626. The number of rotatable bonds is 8. The van der Waals surface area contributed by atoms with Crippen LogP contribution in [0.4, 0.5) is 4.79 Å². The summed E-state index contributed by atoms with van der Waals surface area (Å²) in [6.07, 6.45) is 0.560. The van der Waals surface area contributed by atoms with Gasteiger partial charge < -0.3 is 14.2 Å². The number of nitrogens with zero attached hydrogens (tertiary/aromatic N) is 2. The van der Waals surface area contributed by atoms with Crippen LogP contribution in [0.2, 0.25) is 0 Å². The van der Waals surface area contributed by atoms with Crippen molar-refractivity contribution in [2.24, 2.45) is 0 Å². The molecule has 0 aliphatic carbocycles. The van der Waals surface area contributed by atoms with E-state index < -0.39 is 12.1 Å². The van der Waals surface area contributed by atoms with Gasteiger partial charge in [-0.2, -0.15) is 0 Å². The largest absolute Gasteiger partial charge is 0.455 e. The Hall–Kier alpha value is -2.12. The molecule has 0 aromatic heterocycles. The Morgan fingerprint density at radius 1 is 1.07 bits per heavy atom. The van der Waals surface area contributed by atoms with E-state index in [1.54, 1.807) is 12.1 Å². The van der Waals surface area contributed by atoms with Crippen LogP contribution in [0.5, 0.6) is 0 Å². The first-order valence-corrected chi connectivity index (χ1v) is 9.15. The van der Waals surface area contributed by atoms with Gasteiger partial charge in [-0.05, 0) is 29.5 Å². The number of ether oxygens (including phenoxy) is 3. The molecule has 0 bridgehead atoms. The molecule has 1 aromatic carbocycles. The normalized spacial score (nSPS) is 16.0. The van der Waals surface area contributed by atoms with Crippen molar-refractivity contribution in [3.05, 3.63) is 35.4 Å². The molecule has 27 heavy (non-hydrogen) atoms. The van der Waals surface area contributed by atoms with Gasteiger partial charge in [0.1, 0.15) is 19.6 Å². The summed E-state index contributed by atoms with van der Waals surface area (Å²) in [7, 11) is 3.03. The molecule has 0 spiro atoms. The van der Waals surface area contributed by atoms with Gasteiger partial charge in [0.25, 0.3) is 0 Å². The molecule has 2 rings (SSSR count). The predicted octanol–water partition coefficient (Wildman–Crippen LogP) is 2.85. The third-order valence-corrected chi connectivity index (χ3v) is 5.02. The van der Waals surface area contributed by atoms with E-state index in [1.165, 1.54) is 29.6 Å². The Morgan fingerprint density at radius 2 is 1.59 bits per heavy atom. The standard InChI is InChI=1S/C20H30N2O5/c1-6-20(2,3)16-9-7-15(8-10-16)18(23)27-17-11-21(13-25-4)19(24)22(12-17)14-26-5/h7-10,17H,6,11-14H2,1-5H3. The van der Waals surface area contributed by atoms with E-state index in [4.69, 9.17) is 14.2 Å². The lowest BCUT2D eigenvalue weighted by molar-refractivity contribution is -0.0401. The van der Waals surface area contributed by atoms with Gasteiger partial charge >= 0.3 is 12.0 Å². The molecule has 0 atom stereocenters. The van der Waals surface area contributed by atoms with E-state index in [9.17, 15) is 9.59 Å². The summed E-state index contributed by atoms with van der Waals surface area (Å²) in [5, 5.41) is 0. The van der Waals surface area contributed by atoms with Crippen molar-refractivity contribution in [3.63, 3.8) is 0 Å². The van der Waals surface area contributed by atoms with Crippen molar-refractivity contribution in [3.8, 4) is 0 Å². The van der Waals surface area contributed by atoms with Crippen molar-refractivity contribution in [1.29, 1.82) is 0 Å². The summed E-state index contributed by atoms with van der Waals surface area (Å²) in [6.45, 7) is 7.34. The number of carbonyl (C=O) groups is 2. The summed E-state index contributed by atoms with van der Waals surface area (Å²) >= 11 is 0. The van der Waals surface area contributed by atoms with Crippen LogP contribution in [0.25, 0.3) is 0 Å². The van der Waals surface area contributed by atoms with Crippen molar-refractivity contribution in [2.45, 2.75) is 38.7 Å². The first kappa shape index (κ1) is 21.2. The topological polar surface area (TPSA) is 68.3 Å². The second-order valence-corrected chi connectivity index (χ2v) is 7.41. The van der Waals surface area contributed by atoms with E-state index >= 15 is 0 Å². The molecule has 1 aliphatic rings. The molecule has 2 amide bonds. The Kier molecular flexibility index (Phi) is 7.21. The van der Waals surface area contributed by atoms with Crippen LogP contribution in [0.15, 0.2) is 24.3 Å². The SMILES string of the molecule is CCC(C)(C)c1ccc(C(=O)OC2CN(COC)C(=O)N(COC)C2)cc1. The van der Waals surface area contributed by atoms with Crippen molar-refractivity contribution < 1.29 is 23.8 Å². The molecule has 150 valence electrons. The second kappa shape index (κ2) is 9.19. The van der Waals surface area contributed by atoms with Crippen molar-refractivity contribution in [2.75, 3.05) is 40.8 Å². The summed E-state index contributed by atoms with van der Waals surface area (Å²) in [5.74, 6) is -0.398. The van der Waals surface area contributed by atoms with Gasteiger partial charge in [0, 0.05) is 14.2 Å². The number of carbonyl (C=O) groups excluding carboxylic acids is 2. The van der Waals surface area contributed by atoms with Gasteiger partial charge in [-0.1, -0.05) is 32.9 Å². The molecule has 1 saturated heterocycles. The average Bonchev–Trinajstić information content (AvgIpc) is 2.66. The maximum Gasteiger partial charge on any atom is 0.338 e. The number of hydrogen-bond donors (Lipinski definition) is 0.